The average molecular weight is 326 g/mol. The van der Waals surface area contributed by atoms with E-state index in [0.717, 1.165) is 25.9 Å². The van der Waals surface area contributed by atoms with Crippen LogP contribution in [0.5, 0.6) is 0 Å². The van der Waals surface area contributed by atoms with Gasteiger partial charge in [0, 0.05) is 5.54 Å². The van der Waals surface area contributed by atoms with Gasteiger partial charge in [0.1, 0.15) is 0 Å². The fraction of sp³-hybridized carbons (Fsp3) is 1.00. The van der Waals surface area contributed by atoms with Gasteiger partial charge in [0.2, 0.25) is 10.0 Å². The van der Waals surface area contributed by atoms with Crippen LogP contribution in [-0.4, -0.2) is 52.7 Å². The standard InChI is InChI=1S/C12H26N2O4S2/c1-3-7-13-8-4-5-9-20(17,18)14-12(2)6-10-19(15,16)11-12/h13-14H,3-11H2,1-2H3. The Morgan fingerprint density at radius 2 is 1.90 bits per heavy atom. The lowest BCUT2D eigenvalue weighted by atomic mass is 10.0. The Morgan fingerprint density at radius 3 is 2.45 bits per heavy atom. The van der Waals surface area contributed by atoms with Crippen LogP contribution in [0.25, 0.3) is 0 Å². The minimum Gasteiger partial charge on any atom is -0.317 e. The molecule has 1 atom stereocenters. The van der Waals surface area contributed by atoms with Gasteiger partial charge < -0.3 is 5.32 Å². The molecule has 1 heterocycles. The van der Waals surface area contributed by atoms with Crippen molar-refractivity contribution < 1.29 is 16.8 Å². The highest BCUT2D eigenvalue weighted by atomic mass is 32.2. The second-order valence-electron chi connectivity index (χ2n) is 5.78. The summed E-state index contributed by atoms with van der Waals surface area (Å²) in [6, 6.07) is 0. The van der Waals surface area contributed by atoms with Crippen LogP contribution < -0.4 is 10.0 Å². The largest absolute Gasteiger partial charge is 0.317 e. The summed E-state index contributed by atoms with van der Waals surface area (Å²) >= 11 is 0. The van der Waals surface area contributed by atoms with Gasteiger partial charge in [-0.2, -0.15) is 0 Å². The normalized spacial score (nSPS) is 25.9. The molecule has 0 aliphatic carbocycles. The van der Waals surface area contributed by atoms with Crippen LogP contribution in [0.4, 0.5) is 0 Å². The lowest BCUT2D eigenvalue weighted by Crippen LogP contribution is -2.47. The molecule has 1 fully saturated rings. The Balaban J connectivity index is 2.35. The minimum atomic E-state index is -3.41. The van der Waals surface area contributed by atoms with Crippen LogP contribution >= 0.6 is 0 Å². The monoisotopic (exact) mass is 326 g/mol. The molecule has 1 rings (SSSR count). The molecule has 1 saturated heterocycles. The number of sulfonamides is 1. The maximum Gasteiger partial charge on any atom is 0.212 e. The van der Waals surface area contributed by atoms with Gasteiger partial charge in [-0.05, 0) is 45.7 Å². The summed E-state index contributed by atoms with van der Waals surface area (Å²) in [6.07, 6.45) is 2.80. The highest BCUT2D eigenvalue weighted by Crippen LogP contribution is 2.23. The Bertz CT molecular complexity index is 502. The Kier molecular flexibility index (Phi) is 6.43. The van der Waals surface area contributed by atoms with Gasteiger partial charge in [0.15, 0.2) is 9.84 Å². The number of hydrogen-bond acceptors (Lipinski definition) is 5. The summed E-state index contributed by atoms with van der Waals surface area (Å²) in [7, 11) is -6.51. The fourth-order valence-corrected chi connectivity index (χ4v) is 6.16. The third kappa shape index (κ3) is 6.51. The predicted octanol–water partition coefficient (Wildman–Crippen LogP) is 0.263. The molecule has 1 aliphatic heterocycles. The van der Waals surface area contributed by atoms with Gasteiger partial charge in [-0.15, -0.1) is 0 Å². The highest BCUT2D eigenvalue weighted by molar-refractivity contribution is 7.92. The topological polar surface area (TPSA) is 92.3 Å². The first-order valence-corrected chi connectivity index (χ1v) is 10.6. The zero-order chi connectivity index (χ0) is 15.3. The molecule has 8 heteroatoms. The van der Waals surface area contributed by atoms with E-state index in [4.69, 9.17) is 0 Å². The SMILES string of the molecule is CCCNCCCCS(=O)(=O)NC1(C)CCS(=O)(=O)C1. The van der Waals surface area contributed by atoms with Crippen molar-refractivity contribution in [3.8, 4) is 0 Å². The van der Waals surface area contributed by atoms with E-state index in [9.17, 15) is 16.8 Å². The van der Waals surface area contributed by atoms with Gasteiger partial charge in [0.05, 0.1) is 17.3 Å². The summed E-state index contributed by atoms with van der Waals surface area (Å²) in [4.78, 5) is 0. The maximum atomic E-state index is 12.0. The summed E-state index contributed by atoms with van der Waals surface area (Å²) in [5.41, 5.74) is -0.835. The van der Waals surface area contributed by atoms with Crippen LogP contribution in [0.15, 0.2) is 0 Å². The summed E-state index contributed by atoms with van der Waals surface area (Å²) < 4.78 is 49.4. The van der Waals surface area contributed by atoms with Crippen LogP contribution in [-0.2, 0) is 19.9 Å². The molecule has 0 aromatic heterocycles. The number of hydrogen-bond donors (Lipinski definition) is 2. The number of sulfone groups is 1. The van der Waals surface area contributed by atoms with Gasteiger partial charge in [0.25, 0.3) is 0 Å². The maximum absolute atomic E-state index is 12.0. The quantitative estimate of drug-likeness (QED) is 0.593. The lowest BCUT2D eigenvalue weighted by Gasteiger charge is -2.23. The molecule has 0 radical (unpaired) electrons. The summed E-state index contributed by atoms with van der Waals surface area (Å²) in [6.45, 7) is 5.51. The molecule has 0 bridgehead atoms. The van der Waals surface area contributed by atoms with E-state index in [1.54, 1.807) is 6.92 Å². The van der Waals surface area contributed by atoms with Crippen molar-refractivity contribution in [1.29, 1.82) is 0 Å². The summed E-state index contributed by atoms with van der Waals surface area (Å²) in [5, 5.41) is 3.22. The van der Waals surface area contributed by atoms with Gasteiger partial charge in [-0.3, -0.25) is 0 Å². The second-order valence-corrected chi connectivity index (χ2v) is 9.81. The molecule has 1 unspecified atom stereocenters. The molecule has 0 aromatic rings. The molecule has 0 spiro atoms. The second kappa shape index (κ2) is 7.20. The van der Waals surface area contributed by atoms with Crippen molar-refractivity contribution in [3.63, 3.8) is 0 Å². The van der Waals surface area contributed by atoms with Crippen molar-refractivity contribution in [1.82, 2.24) is 10.0 Å². The molecule has 0 amide bonds. The predicted molar refractivity (Wildman–Crippen MR) is 81.0 cm³/mol. The van der Waals surface area contributed by atoms with Crippen molar-refractivity contribution in [2.24, 2.45) is 0 Å². The molecule has 20 heavy (non-hydrogen) atoms. The van der Waals surface area contributed by atoms with E-state index >= 15 is 0 Å². The van der Waals surface area contributed by atoms with E-state index in [1.165, 1.54) is 0 Å². The number of unbranched alkanes of at least 4 members (excludes halogenated alkanes) is 1. The van der Waals surface area contributed by atoms with Crippen molar-refractivity contribution in [3.05, 3.63) is 0 Å². The Hall–Kier alpha value is -0.180. The molecule has 0 saturated carbocycles. The number of rotatable bonds is 9. The van der Waals surface area contributed by atoms with Crippen LogP contribution in [0.2, 0.25) is 0 Å². The Morgan fingerprint density at radius 1 is 1.20 bits per heavy atom. The van der Waals surface area contributed by atoms with Crippen LogP contribution in [0.3, 0.4) is 0 Å². The highest BCUT2D eigenvalue weighted by Gasteiger charge is 2.40. The van der Waals surface area contributed by atoms with Gasteiger partial charge in [-0.25, -0.2) is 21.6 Å². The molecule has 2 N–H and O–H groups in total. The molecule has 1 aliphatic rings. The molecular formula is C12H26N2O4S2. The van der Waals surface area contributed by atoms with Crippen molar-refractivity contribution >= 4 is 19.9 Å². The van der Waals surface area contributed by atoms with Crippen molar-refractivity contribution in [2.45, 2.75) is 45.1 Å². The smallest absolute Gasteiger partial charge is 0.212 e. The van der Waals surface area contributed by atoms with E-state index < -0.39 is 25.4 Å². The van der Waals surface area contributed by atoms with E-state index in [1.807, 2.05) is 0 Å². The van der Waals surface area contributed by atoms with Crippen LogP contribution in [0.1, 0.15) is 39.5 Å². The first-order chi connectivity index (χ1) is 9.18. The van der Waals surface area contributed by atoms with E-state index in [-0.39, 0.29) is 17.3 Å². The minimum absolute atomic E-state index is 0.0520. The fourth-order valence-electron chi connectivity index (χ4n) is 2.36. The molecule has 6 nitrogen and oxygen atoms in total. The van der Waals surface area contributed by atoms with Crippen LogP contribution in [0, 0.1) is 0 Å². The van der Waals surface area contributed by atoms with Gasteiger partial charge in [-0.1, -0.05) is 6.92 Å². The molecule has 120 valence electrons. The van der Waals surface area contributed by atoms with Gasteiger partial charge >= 0.3 is 0 Å². The lowest BCUT2D eigenvalue weighted by molar-refractivity contribution is 0.460. The first kappa shape index (κ1) is 17.9. The third-order valence-corrected chi connectivity index (χ3v) is 6.88. The summed E-state index contributed by atoms with van der Waals surface area (Å²) in [5.74, 6) is 0.0146. The zero-order valence-electron chi connectivity index (χ0n) is 12.3. The average Bonchev–Trinajstić information content (AvgIpc) is 2.56. The first-order valence-electron chi connectivity index (χ1n) is 7.11. The van der Waals surface area contributed by atoms with Crippen molar-refractivity contribution in [2.75, 3.05) is 30.3 Å². The molecular weight excluding hydrogens is 300 g/mol. The van der Waals surface area contributed by atoms with E-state index in [2.05, 4.69) is 17.0 Å². The van der Waals surface area contributed by atoms with E-state index in [0.29, 0.717) is 12.8 Å². The third-order valence-electron chi connectivity index (χ3n) is 3.35. The number of nitrogens with one attached hydrogen (secondary N) is 2. The Labute approximate surface area is 122 Å². The molecule has 0 aromatic carbocycles. The zero-order valence-corrected chi connectivity index (χ0v) is 13.9.